The van der Waals surface area contributed by atoms with Crippen LogP contribution in [-0.2, 0) is 11.3 Å². The summed E-state index contributed by atoms with van der Waals surface area (Å²) in [7, 11) is 0. The lowest BCUT2D eigenvalue weighted by atomic mass is 10.9. The molecule has 0 heterocycles. The van der Waals surface area contributed by atoms with Crippen molar-refractivity contribution in [2.75, 3.05) is 0 Å². The Kier molecular flexibility index (Phi) is 3.14. The smallest absolute Gasteiger partial charge is 0.265 e. The molecule has 0 saturated carbocycles. The third-order valence-corrected chi connectivity index (χ3v) is 1.20. The van der Waals surface area contributed by atoms with E-state index in [4.69, 9.17) is 4.55 Å². The minimum Gasteiger partial charge on any atom is -0.289 e. The Hall–Kier alpha value is -0.610. The molecule has 8 heavy (non-hydrogen) atoms. The summed E-state index contributed by atoms with van der Waals surface area (Å²) in [4.78, 5) is 0. The van der Waals surface area contributed by atoms with Crippen molar-refractivity contribution in [1.82, 2.24) is 4.31 Å². The van der Waals surface area contributed by atoms with Crippen LogP contribution in [0.15, 0.2) is 25.6 Å². The first-order valence-corrected chi connectivity index (χ1v) is 2.93. The SMILES string of the molecule is C=CN(C=C)S(=O)O. The second kappa shape index (κ2) is 3.40. The summed E-state index contributed by atoms with van der Waals surface area (Å²) in [5.74, 6) is 0. The molecule has 0 aliphatic rings. The highest BCUT2D eigenvalue weighted by Gasteiger charge is 1.94. The Morgan fingerprint density at radius 3 is 1.88 bits per heavy atom. The van der Waals surface area contributed by atoms with E-state index in [1.165, 1.54) is 12.4 Å². The normalized spacial score (nSPS) is 12.1. The quantitative estimate of drug-likeness (QED) is 0.576. The fourth-order valence-corrected chi connectivity index (χ4v) is 0.457. The van der Waals surface area contributed by atoms with Crippen molar-refractivity contribution in [3.05, 3.63) is 25.6 Å². The van der Waals surface area contributed by atoms with E-state index in [0.29, 0.717) is 0 Å². The summed E-state index contributed by atoms with van der Waals surface area (Å²) < 4.78 is 19.3. The van der Waals surface area contributed by atoms with Gasteiger partial charge in [-0.3, -0.25) is 8.86 Å². The first kappa shape index (κ1) is 7.39. The van der Waals surface area contributed by atoms with Gasteiger partial charge in [0.1, 0.15) is 0 Å². The zero-order valence-corrected chi connectivity index (χ0v) is 5.10. The van der Waals surface area contributed by atoms with E-state index in [1.807, 2.05) is 0 Å². The summed E-state index contributed by atoms with van der Waals surface area (Å²) in [6, 6.07) is 0. The van der Waals surface area contributed by atoms with Crippen LogP contribution in [0.3, 0.4) is 0 Å². The maximum Gasteiger partial charge on any atom is 0.265 e. The van der Waals surface area contributed by atoms with Gasteiger partial charge < -0.3 is 0 Å². The van der Waals surface area contributed by atoms with Crippen LogP contribution in [0.1, 0.15) is 0 Å². The molecular weight excluding hydrogens is 126 g/mol. The second-order valence-electron chi connectivity index (χ2n) is 0.956. The van der Waals surface area contributed by atoms with Gasteiger partial charge in [-0.25, -0.2) is 4.21 Å². The van der Waals surface area contributed by atoms with Gasteiger partial charge in [0.2, 0.25) is 0 Å². The van der Waals surface area contributed by atoms with Crippen LogP contribution < -0.4 is 0 Å². The van der Waals surface area contributed by atoms with Crippen LogP contribution in [0.4, 0.5) is 0 Å². The Morgan fingerprint density at radius 1 is 1.50 bits per heavy atom. The highest BCUT2D eigenvalue weighted by molar-refractivity contribution is 7.76. The van der Waals surface area contributed by atoms with Crippen LogP contribution in [0.5, 0.6) is 0 Å². The molecule has 0 aromatic heterocycles. The lowest BCUT2D eigenvalue weighted by molar-refractivity contribution is 0.520. The highest BCUT2D eigenvalue weighted by atomic mass is 32.2. The molecule has 0 spiro atoms. The topological polar surface area (TPSA) is 40.5 Å². The molecule has 1 unspecified atom stereocenters. The predicted molar refractivity (Wildman–Crippen MR) is 33.0 cm³/mol. The van der Waals surface area contributed by atoms with Crippen LogP contribution in [0.2, 0.25) is 0 Å². The third kappa shape index (κ3) is 1.90. The van der Waals surface area contributed by atoms with Gasteiger partial charge in [0.05, 0.1) is 0 Å². The van der Waals surface area contributed by atoms with Crippen molar-refractivity contribution < 1.29 is 8.76 Å². The number of hydrogen-bond acceptors (Lipinski definition) is 1. The Balaban J connectivity index is 3.88. The average Bonchev–Trinajstić information content (AvgIpc) is 1.69. The van der Waals surface area contributed by atoms with E-state index in [9.17, 15) is 4.21 Å². The number of rotatable bonds is 3. The maximum absolute atomic E-state index is 10.1. The van der Waals surface area contributed by atoms with Gasteiger partial charge in [0.15, 0.2) is 0 Å². The van der Waals surface area contributed by atoms with E-state index < -0.39 is 11.3 Å². The minimum absolute atomic E-state index is 0.972. The monoisotopic (exact) mass is 133 g/mol. The second-order valence-corrected chi connectivity index (χ2v) is 1.84. The number of hydrogen-bond donors (Lipinski definition) is 1. The Labute approximate surface area is 50.7 Å². The third-order valence-electron chi connectivity index (χ3n) is 0.540. The molecule has 0 aromatic rings. The molecule has 0 saturated heterocycles. The summed E-state index contributed by atoms with van der Waals surface area (Å²) >= 11 is -2.01. The largest absolute Gasteiger partial charge is 0.289 e. The predicted octanol–water partition coefficient (Wildman–Crippen LogP) is 0.712. The van der Waals surface area contributed by atoms with E-state index in [1.54, 1.807) is 0 Å². The molecule has 0 aromatic carbocycles. The van der Waals surface area contributed by atoms with Crippen molar-refractivity contribution in [3.63, 3.8) is 0 Å². The molecule has 0 rings (SSSR count). The summed E-state index contributed by atoms with van der Waals surface area (Å²) in [6.45, 7) is 6.51. The Morgan fingerprint density at radius 2 is 1.88 bits per heavy atom. The van der Waals surface area contributed by atoms with Gasteiger partial charge in [-0.2, -0.15) is 0 Å². The van der Waals surface area contributed by atoms with Gasteiger partial charge in [-0.1, -0.05) is 13.2 Å². The number of nitrogens with zero attached hydrogens (tertiary/aromatic N) is 1. The molecule has 4 heteroatoms. The highest BCUT2D eigenvalue weighted by Crippen LogP contribution is 1.89. The maximum atomic E-state index is 10.1. The van der Waals surface area contributed by atoms with Crippen molar-refractivity contribution in [2.24, 2.45) is 0 Å². The van der Waals surface area contributed by atoms with Gasteiger partial charge in [0.25, 0.3) is 11.3 Å². The summed E-state index contributed by atoms with van der Waals surface area (Å²) in [6.07, 6.45) is 2.42. The molecule has 46 valence electrons. The van der Waals surface area contributed by atoms with Gasteiger partial charge in [-0.15, -0.1) is 0 Å². The van der Waals surface area contributed by atoms with E-state index >= 15 is 0 Å². The van der Waals surface area contributed by atoms with Crippen molar-refractivity contribution in [2.45, 2.75) is 0 Å². The van der Waals surface area contributed by atoms with Crippen LogP contribution in [-0.4, -0.2) is 13.1 Å². The van der Waals surface area contributed by atoms with Gasteiger partial charge in [-0.05, 0) is 0 Å². The lowest BCUT2D eigenvalue weighted by Gasteiger charge is -2.04. The minimum atomic E-state index is -2.01. The van der Waals surface area contributed by atoms with E-state index in [2.05, 4.69) is 13.2 Å². The van der Waals surface area contributed by atoms with Crippen LogP contribution in [0.25, 0.3) is 0 Å². The molecular formula is C4H7NO2S. The molecule has 3 nitrogen and oxygen atoms in total. The average molecular weight is 133 g/mol. The molecule has 0 bridgehead atoms. The molecule has 1 atom stereocenters. The lowest BCUT2D eigenvalue weighted by Crippen LogP contribution is -2.10. The van der Waals surface area contributed by atoms with E-state index in [-0.39, 0.29) is 0 Å². The van der Waals surface area contributed by atoms with Crippen molar-refractivity contribution in [3.8, 4) is 0 Å². The molecule has 0 amide bonds. The Bertz CT molecular complexity index is 115. The molecule has 0 radical (unpaired) electrons. The fraction of sp³-hybridized carbons (Fsp3) is 0. The molecule has 1 N–H and O–H groups in total. The zero-order valence-electron chi connectivity index (χ0n) is 4.28. The summed E-state index contributed by atoms with van der Waals surface area (Å²) in [5, 5.41) is 0. The molecule has 0 fully saturated rings. The van der Waals surface area contributed by atoms with Crippen molar-refractivity contribution >= 4 is 11.3 Å². The van der Waals surface area contributed by atoms with Crippen molar-refractivity contribution in [1.29, 1.82) is 0 Å². The fourth-order valence-electron chi connectivity index (χ4n) is 0.202. The van der Waals surface area contributed by atoms with Crippen LogP contribution in [0, 0.1) is 0 Å². The standard InChI is InChI=1S/C4H7NO2S/c1-3-5(4-2)8(6)7/h3-4H,1-2H2,(H,6,7). The first-order valence-electron chi connectivity index (χ1n) is 1.86. The van der Waals surface area contributed by atoms with Crippen LogP contribution >= 0.6 is 0 Å². The van der Waals surface area contributed by atoms with Gasteiger partial charge in [0, 0.05) is 12.4 Å². The van der Waals surface area contributed by atoms with E-state index in [0.717, 1.165) is 4.31 Å². The first-order chi connectivity index (χ1) is 3.72. The molecule has 0 aliphatic carbocycles. The molecule has 0 aliphatic heterocycles. The zero-order chi connectivity index (χ0) is 6.57. The van der Waals surface area contributed by atoms with Gasteiger partial charge >= 0.3 is 0 Å². The summed E-state index contributed by atoms with van der Waals surface area (Å²) in [5.41, 5.74) is 0.